The van der Waals surface area contributed by atoms with Gasteiger partial charge in [0.05, 0.1) is 11.9 Å². The molecular weight excluding hydrogens is 342 g/mol. The van der Waals surface area contributed by atoms with Crippen LogP contribution in [-0.2, 0) is 26.0 Å². The summed E-state index contributed by atoms with van der Waals surface area (Å²) in [5.74, 6) is -0.822. The molecule has 0 aromatic heterocycles. The highest BCUT2D eigenvalue weighted by Gasteiger charge is 2.29. The number of carbonyl (C=O) groups excluding carboxylic acids is 2. The Labute approximate surface area is 148 Å². The van der Waals surface area contributed by atoms with E-state index in [1.54, 1.807) is 17.0 Å². The zero-order chi connectivity index (χ0) is 18.6. The van der Waals surface area contributed by atoms with Crippen LogP contribution in [-0.4, -0.2) is 51.0 Å². The second kappa shape index (κ2) is 7.86. The quantitative estimate of drug-likeness (QED) is 0.801. The van der Waals surface area contributed by atoms with Crippen LogP contribution in [0.4, 0.5) is 5.69 Å². The largest absolute Gasteiger partial charge is 0.369 e. The fourth-order valence-electron chi connectivity index (χ4n) is 3.07. The number of carbonyl (C=O) groups is 2. The molecule has 1 aliphatic rings. The molecular formula is C17H25N3O4S. The number of para-hydroxylation sites is 1. The van der Waals surface area contributed by atoms with Crippen molar-refractivity contribution in [1.82, 2.24) is 4.90 Å². The van der Waals surface area contributed by atoms with Gasteiger partial charge in [-0.3, -0.25) is 13.9 Å². The molecule has 2 N–H and O–H groups in total. The van der Waals surface area contributed by atoms with Crippen LogP contribution >= 0.6 is 0 Å². The molecule has 7 nitrogen and oxygen atoms in total. The third-order valence-electron chi connectivity index (χ3n) is 4.57. The number of primary amides is 1. The smallest absolute Gasteiger partial charge is 0.243 e. The first-order valence-corrected chi connectivity index (χ1v) is 10.2. The molecule has 0 aliphatic carbocycles. The van der Waals surface area contributed by atoms with E-state index in [0.717, 1.165) is 16.1 Å². The van der Waals surface area contributed by atoms with Crippen molar-refractivity contribution in [2.45, 2.75) is 26.2 Å². The Bertz CT molecular complexity index is 740. The third kappa shape index (κ3) is 4.72. The number of likely N-dealkylation sites (tertiary alicyclic amines) is 1. The first kappa shape index (κ1) is 19.2. The molecule has 2 rings (SSSR count). The lowest BCUT2D eigenvalue weighted by Gasteiger charge is -2.33. The summed E-state index contributed by atoms with van der Waals surface area (Å²) >= 11 is 0. The molecule has 1 aromatic carbocycles. The van der Waals surface area contributed by atoms with Crippen LogP contribution in [0.5, 0.6) is 0 Å². The second-order valence-electron chi connectivity index (χ2n) is 6.31. The molecule has 2 amide bonds. The van der Waals surface area contributed by atoms with Gasteiger partial charge in [-0.1, -0.05) is 25.1 Å². The van der Waals surface area contributed by atoms with Gasteiger partial charge in [-0.15, -0.1) is 0 Å². The molecule has 0 radical (unpaired) electrons. The number of nitrogens with zero attached hydrogens (tertiary/aromatic N) is 2. The van der Waals surface area contributed by atoms with Crippen LogP contribution in [0, 0.1) is 5.92 Å². The number of hydrogen-bond donors (Lipinski definition) is 1. The molecule has 0 atom stereocenters. The normalized spacial score (nSPS) is 15.8. The third-order valence-corrected chi connectivity index (χ3v) is 5.70. The second-order valence-corrected chi connectivity index (χ2v) is 8.22. The molecule has 0 saturated carbocycles. The predicted molar refractivity (Wildman–Crippen MR) is 96.5 cm³/mol. The van der Waals surface area contributed by atoms with Crippen LogP contribution in [0.3, 0.4) is 0 Å². The van der Waals surface area contributed by atoms with Crippen molar-refractivity contribution in [3.8, 4) is 0 Å². The predicted octanol–water partition coefficient (Wildman–Crippen LogP) is 0.739. The highest BCUT2D eigenvalue weighted by atomic mass is 32.2. The van der Waals surface area contributed by atoms with Crippen molar-refractivity contribution in [2.24, 2.45) is 11.7 Å². The minimum absolute atomic E-state index is 0.212. The van der Waals surface area contributed by atoms with E-state index in [0.29, 0.717) is 38.0 Å². The summed E-state index contributed by atoms with van der Waals surface area (Å²) in [5, 5.41) is 0. The molecule has 8 heteroatoms. The zero-order valence-electron chi connectivity index (χ0n) is 14.6. The summed E-state index contributed by atoms with van der Waals surface area (Å²) < 4.78 is 25.7. The number of rotatable bonds is 6. The Morgan fingerprint density at radius 1 is 1.24 bits per heavy atom. The van der Waals surface area contributed by atoms with E-state index in [9.17, 15) is 18.0 Å². The highest BCUT2D eigenvalue weighted by molar-refractivity contribution is 7.92. The number of nitrogens with two attached hydrogens (primary N) is 1. The number of piperidine rings is 1. The molecule has 25 heavy (non-hydrogen) atoms. The summed E-state index contributed by atoms with van der Waals surface area (Å²) in [6, 6.07) is 7.18. The van der Waals surface area contributed by atoms with Crippen molar-refractivity contribution in [3.63, 3.8) is 0 Å². The van der Waals surface area contributed by atoms with Crippen LogP contribution in [0.15, 0.2) is 24.3 Å². The van der Waals surface area contributed by atoms with Gasteiger partial charge in [0.15, 0.2) is 0 Å². The topological polar surface area (TPSA) is 101 Å². The van der Waals surface area contributed by atoms with Gasteiger partial charge in [-0.05, 0) is 30.9 Å². The van der Waals surface area contributed by atoms with Crippen LogP contribution in [0.2, 0.25) is 0 Å². The lowest BCUT2D eigenvalue weighted by molar-refractivity contribution is -0.133. The van der Waals surface area contributed by atoms with Gasteiger partial charge >= 0.3 is 0 Å². The van der Waals surface area contributed by atoms with Crippen LogP contribution < -0.4 is 10.0 Å². The maximum absolute atomic E-state index is 12.6. The van der Waals surface area contributed by atoms with E-state index in [2.05, 4.69) is 0 Å². The molecule has 0 spiro atoms. The summed E-state index contributed by atoms with van der Waals surface area (Å²) in [6.45, 7) is 2.53. The van der Waals surface area contributed by atoms with E-state index in [1.165, 1.54) is 0 Å². The lowest BCUT2D eigenvalue weighted by atomic mass is 9.96. The summed E-state index contributed by atoms with van der Waals surface area (Å²) in [7, 11) is -3.60. The molecule has 1 saturated heterocycles. The number of aryl methyl sites for hydroxylation is 1. The van der Waals surface area contributed by atoms with Crippen molar-refractivity contribution >= 4 is 27.5 Å². The van der Waals surface area contributed by atoms with Gasteiger partial charge in [0, 0.05) is 19.0 Å². The maximum atomic E-state index is 12.6. The van der Waals surface area contributed by atoms with E-state index in [1.807, 2.05) is 19.1 Å². The van der Waals surface area contributed by atoms with Gasteiger partial charge < -0.3 is 10.6 Å². The molecule has 1 fully saturated rings. The summed E-state index contributed by atoms with van der Waals surface area (Å²) in [4.78, 5) is 25.4. The number of amides is 2. The number of hydrogen-bond acceptors (Lipinski definition) is 4. The Hall–Kier alpha value is -2.09. The average molecular weight is 367 g/mol. The molecule has 0 unspecified atom stereocenters. The van der Waals surface area contributed by atoms with Gasteiger partial charge in [0.1, 0.15) is 6.54 Å². The van der Waals surface area contributed by atoms with E-state index >= 15 is 0 Å². The first-order chi connectivity index (χ1) is 11.7. The van der Waals surface area contributed by atoms with Crippen LogP contribution in [0.1, 0.15) is 25.3 Å². The number of anilines is 1. The molecule has 1 aliphatic heterocycles. The van der Waals surface area contributed by atoms with Gasteiger partial charge in [0.2, 0.25) is 21.8 Å². The molecule has 0 bridgehead atoms. The Morgan fingerprint density at radius 2 is 1.84 bits per heavy atom. The van der Waals surface area contributed by atoms with Crippen molar-refractivity contribution in [2.75, 3.05) is 30.2 Å². The number of benzene rings is 1. The lowest BCUT2D eigenvalue weighted by Crippen LogP contribution is -2.47. The Balaban J connectivity index is 2.16. The minimum Gasteiger partial charge on any atom is -0.369 e. The van der Waals surface area contributed by atoms with E-state index < -0.39 is 10.0 Å². The molecule has 1 aromatic rings. The van der Waals surface area contributed by atoms with E-state index in [-0.39, 0.29) is 24.3 Å². The fourth-order valence-corrected chi connectivity index (χ4v) is 3.95. The first-order valence-electron chi connectivity index (χ1n) is 8.36. The average Bonchev–Trinajstić information content (AvgIpc) is 2.58. The van der Waals surface area contributed by atoms with E-state index in [4.69, 9.17) is 5.73 Å². The standard InChI is InChI=1S/C17H25N3O4S/c1-3-13-6-4-5-7-15(13)20(25(2,23)24)12-16(21)19-10-8-14(9-11-19)17(18)22/h4-7,14H,3,8-12H2,1-2H3,(H2,18,22). The van der Waals surface area contributed by atoms with Gasteiger partial charge in [0.25, 0.3) is 0 Å². The molecule has 138 valence electrons. The van der Waals surface area contributed by atoms with Crippen LogP contribution in [0.25, 0.3) is 0 Å². The Kier molecular flexibility index (Phi) is 6.05. The zero-order valence-corrected chi connectivity index (χ0v) is 15.5. The highest BCUT2D eigenvalue weighted by Crippen LogP contribution is 2.24. The van der Waals surface area contributed by atoms with Crippen molar-refractivity contribution < 1.29 is 18.0 Å². The maximum Gasteiger partial charge on any atom is 0.243 e. The van der Waals surface area contributed by atoms with Gasteiger partial charge in [-0.2, -0.15) is 0 Å². The Morgan fingerprint density at radius 3 is 2.36 bits per heavy atom. The van der Waals surface area contributed by atoms with Crippen molar-refractivity contribution in [3.05, 3.63) is 29.8 Å². The monoisotopic (exact) mass is 367 g/mol. The fraction of sp³-hybridized carbons (Fsp3) is 0.529. The number of sulfonamides is 1. The summed E-state index contributed by atoms with van der Waals surface area (Å²) in [5.41, 5.74) is 6.71. The molecule has 1 heterocycles. The van der Waals surface area contributed by atoms with Gasteiger partial charge in [-0.25, -0.2) is 8.42 Å². The minimum atomic E-state index is -3.60. The van der Waals surface area contributed by atoms with Crippen molar-refractivity contribution in [1.29, 1.82) is 0 Å². The summed E-state index contributed by atoms with van der Waals surface area (Å²) in [6.07, 6.45) is 2.81. The SMILES string of the molecule is CCc1ccccc1N(CC(=O)N1CCC(C(N)=O)CC1)S(C)(=O)=O.